The molecule has 1 aromatic carbocycles. The first kappa shape index (κ1) is 14.5. The lowest BCUT2D eigenvalue weighted by Gasteiger charge is -2.11. The van der Waals surface area contributed by atoms with Crippen LogP contribution in [-0.2, 0) is 4.74 Å². The predicted octanol–water partition coefficient (Wildman–Crippen LogP) is 3.54. The van der Waals surface area contributed by atoms with Gasteiger partial charge in [-0.25, -0.2) is 9.59 Å². The van der Waals surface area contributed by atoms with E-state index in [4.69, 9.17) is 21.4 Å². The largest absolute Gasteiger partial charge is 0.478 e. The van der Waals surface area contributed by atoms with Crippen molar-refractivity contribution in [3.63, 3.8) is 0 Å². The second-order valence-electron chi connectivity index (χ2n) is 3.10. The lowest BCUT2D eigenvalue weighted by atomic mass is 10.2. The Labute approximate surface area is 117 Å². The topological polar surface area (TPSA) is 75.6 Å². The van der Waals surface area contributed by atoms with Gasteiger partial charge in [-0.1, -0.05) is 24.3 Å². The van der Waals surface area contributed by atoms with E-state index < -0.39 is 12.1 Å². The number of benzene rings is 1. The molecule has 2 N–H and O–H groups in total. The first-order chi connectivity index (χ1) is 8.47. The Kier molecular flexibility index (Phi) is 5.18. The Morgan fingerprint density at radius 3 is 2.78 bits per heavy atom. The maximum absolute atomic E-state index is 11.4. The molecule has 0 fully saturated rings. The van der Waals surface area contributed by atoms with Crippen molar-refractivity contribution in [2.24, 2.45) is 0 Å². The molecule has 1 aromatic rings. The Morgan fingerprint density at radius 2 is 2.22 bits per heavy atom. The fourth-order valence-electron chi connectivity index (χ4n) is 1.12. The molecular weight excluding hydrogens is 325 g/mol. The number of halogens is 2. The second kappa shape index (κ2) is 6.42. The summed E-state index contributed by atoms with van der Waals surface area (Å²) in [5, 5.41) is 11.6. The van der Waals surface area contributed by atoms with Crippen LogP contribution in [0.25, 0.3) is 0 Å². The number of carboxylic acids is 1. The third-order valence-electron chi connectivity index (χ3n) is 1.88. The highest BCUT2D eigenvalue weighted by Crippen LogP contribution is 2.33. The summed E-state index contributed by atoms with van der Waals surface area (Å²) < 4.78 is 4.98. The molecule has 0 spiro atoms. The quantitative estimate of drug-likeness (QED) is 0.826. The van der Waals surface area contributed by atoms with Gasteiger partial charge in [0.15, 0.2) is 0 Å². The molecular formula is C11H9BrClNO4. The highest BCUT2D eigenvalue weighted by molar-refractivity contribution is 9.10. The van der Waals surface area contributed by atoms with Crippen molar-refractivity contribution >= 4 is 45.3 Å². The minimum Gasteiger partial charge on any atom is -0.478 e. The molecule has 0 unspecified atom stereocenters. The number of carbonyl (C=O) groups is 2. The molecule has 0 heterocycles. The van der Waals surface area contributed by atoms with Crippen molar-refractivity contribution in [1.82, 2.24) is 0 Å². The number of carboxylic acid groups (broad SMARTS) is 1. The fourth-order valence-corrected chi connectivity index (χ4v) is 1.73. The second-order valence-corrected chi connectivity index (χ2v) is 4.30. The van der Waals surface area contributed by atoms with E-state index in [2.05, 4.69) is 27.8 Å². The van der Waals surface area contributed by atoms with Crippen LogP contribution in [0.1, 0.15) is 10.4 Å². The highest BCUT2D eigenvalue weighted by atomic mass is 79.9. The van der Waals surface area contributed by atoms with Crippen LogP contribution >= 0.6 is 27.5 Å². The molecule has 96 valence electrons. The van der Waals surface area contributed by atoms with E-state index in [1.807, 2.05) is 0 Å². The van der Waals surface area contributed by atoms with Gasteiger partial charge >= 0.3 is 12.1 Å². The van der Waals surface area contributed by atoms with Crippen molar-refractivity contribution < 1.29 is 19.4 Å². The predicted molar refractivity (Wildman–Crippen MR) is 71.3 cm³/mol. The van der Waals surface area contributed by atoms with Gasteiger partial charge < -0.3 is 9.84 Å². The Bertz CT molecular complexity index is 504. The molecule has 7 heteroatoms. The van der Waals surface area contributed by atoms with E-state index >= 15 is 0 Å². The van der Waals surface area contributed by atoms with Crippen molar-refractivity contribution in [3.8, 4) is 0 Å². The molecule has 1 amide bonds. The zero-order valence-corrected chi connectivity index (χ0v) is 11.4. The van der Waals surface area contributed by atoms with E-state index in [0.29, 0.717) is 0 Å². The lowest BCUT2D eigenvalue weighted by Crippen LogP contribution is -2.16. The van der Waals surface area contributed by atoms with Crippen LogP contribution in [0.4, 0.5) is 10.5 Å². The van der Waals surface area contributed by atoms with Crippen LogP contribution in [0.3, 0.4) is 0 Å². The normalized spacial score (nSPS) is 9.67. The summed E-state index contributed by atoms with van der Waals surface area (Å²) in [6.45, 7) is 3.41. The van der Waals surface area contributed by atoms with Gasteiger partial charge in [0.05, 0.1) is 20.7 Å². The van der Waals surface area contributed by atoms with Gasteiger partial charge in [0, 0.05) is 0 Å². The summed E-state index contributed by atoms with van der Waals surface area (Å²) in [5.41, 5.74) is -0.0501. The maximum atomic E-state index is 11.4. The van der Waals surface area contributed by atoms with Crippen LogP contribution in [0.5, 0.6) is 0 Å². The number of hydrogen-bond acceptors (Lipinski definition) is 3. The van der Waals surface area contributed by atoms with Gasteiger partial charge in [-0.05, 0) is 28.1 Å². The minimum absolute atomic E-state index is 0.0203. The summed E-state index contributed by atoms with van der Waals surface area (Å²) in [5.74, 6) is -1.19. The summed E-state index contributed by atoms with van der Waals surface area (Å²) in [4.78, 5) is 22.4. The number of rotatable bonds is 4. The number of anilines is 1. The van der Waals surface area contributed by atoms with Crippen LogP contribution in [0, 0.1) is 0 Å². The molecule has 18 heavy (non-hydrogen) atoms. The molecule has 0 aliphatic carbocycles. The van der Waals surface area contributed by atoms with Gasteiger partial charge in [-0.15, -0.1) is 0 Å². The molecule has 0 saturated heterocycles. The number of nitrogens with one attached hydrogen (secondary N) is 1. The number of amides is 1. The third kappa shape index (κ3) is 3.48. The van der Waals surface area contributed by atoms with Crippen molar-refractivity contribution in [2.75, 3.05) is 11.9 Å². The average molecular weight is 335 g/mol. The Morgan fingerprint density at radius 1 is 1.56 bits per heavy atom. The van der Waals surface area contributed by atoms with Crippen molar-refractivity contribution in [2.45, 2.75) is 0 Å². The van der Waals surface area contributed by atoms with Gasteiger partial charge in [0.2, 0.25) is 0 Å². The van der Waals surface area contributed by atoms with Crippen LogP contribution in [-0.4, -0.2) is 23.8 Å². The van der Waals surface area contributed by atoms with Gasteiger partial charge in [-0.3, -0.25) is 5.32 Å². The summed E-state index contributed by atoms with van der Waals surface area (Å²) >= 11 is 8.94. The summed E-state index contributed by atoms with van der Waals surface area (Å²) in [6, 6.07) is 2.70. The highest BCUT2D eigenvalue weighted by Gasteiger charge is 2.18. The number of ether oxygens (including phenoxy) is 1. The van der Waals surface area contributed by atoms with E-state index in [0.717, 1.165) is 0 Å². The van der Waals surface area contributed by atoms with Crippen LogP contribution in [0.15, 0.2) is 29.3 Å². The maximum Gasteiger partial charge on any atom is 0.411 e. The number of aromatic carboxylic acids is 1. The zero-order chi connectivity index (χ0) is 13.7. The van der Waals surface area contributed by atoms with Crippen LogP contribution < -0.4 is 5.32 Å². The van der Waals surface area contributed by atoms with Crippen LogP contribution in [0.2, 0.25) is 5.02 Å². The molecule has 5 nitrogen and oxygen atoms in total. The van der Waals surface area contributed by atoms with E-state index in [-0.39, 0.29) is 27.4 Å². The molecule has 0 saturated carbocycles. The smallest absolute Gasteiger partial charge is 0.411 e. The first-order valence-electron chi connectivity index (χ1n) is 4.73. The molecule has 0 aromatic heterocycles. The monoisotopic (exact) mass is 333 g/mol. The molecule has 0 aliphatic rings. The number of hydrogen-bond donors (Lipinski definition) is 2. The molecule has 0 radical (unpaired) electrons. The van der Waals surface area contributed by atoms with Gasteiger partial charge in [0.25, 0.3) is 0 Å². The van der Waals surface area contributed by atoms with Crippen molar-refractivity contribution in [3.05, 3.63) is 39.8 Å². The zero-order valence-electron chi connectivity index (χ0n) is 9.07. The standard InChI is InChI=1S/C11H9BrClNO4/c1-2-5-18-11(17)14-9-6(10(15)16)3-4-7(13)8(9)12/h2-4H,1,5H2,(H,14,17)(H,15,16). The van der Waals surface area contributed by atoms with E-state index in [1.54, 1.807) is 0 Å². The molecule has 0 aliphatic heterocycles. The summed E-state index contributed by atoms with van der Waals surface area (Å²) in [6.07, 6.45) is 0.602. The molecule has 0 bridgehead atoms. The van der Waals surface area contributed by atoms with Gasteiger partial charge in [-0.2, -0.15) is 0 Å². The van der Waals surface area contributed by atoms with E-state index in [9.17, 15) is 9.59 Å². The fraction of sp³-hybridized carbons (Fsp3) is 0.0909. The molecule has 1 rings (SSSR count). The van der Waals surface area contributed by atoms with E-state index in [1.165, 1.54) is 18.2 Å². The summed E-state index contributed by atoms with van der Waals surface area (Å²) in [7, 11) is 0. The molecule has 0 atom stereocenters. The third-order valence-corrected chi connectivity index (χ3v) is 3.25. The Balaban J connectivity index is 3.05. The van der Waals surface area contributed by atoms with Gasteiger partial charge in [0.1, 0.15) is 6.61 Å². The lowest BCUT2D eigenvalue weighted by molar-refractivity contribution is 0.0698. The average Bonchev–Trinajstić information content (AvgIpc) is 2.32. The van der Waals surface area contributed by atoms with Crippen molar-refractivity contribution in [1.29, 1.82) is 0 Å². The first-order valence-corrected chi connectivity index (χ1v) is 5.90. The SMILES string of the molecule is C=CCOC(=O)Nc1c(C(=O)O)ccc(Cl)c1Br. The Hall–Kier alpha value is -1.53. The number of carbonyl (C=O) groups excluding carboxylic acids is 1. The minimum atomic E-state index is -1.19.